The van der Waals surface area contributed by atoms with Crippen LogP contribution in [0.4, 0.5) is 0 Å². The summed E-state index contributed by atoms with van der Waals surface area (Å²) >= 11 is 0. The van der Waals surface area contributed by atoms with Crippen LogP contribution in [0.2, 0.25) is 0 Å². The van der Waals surface area contributed by atoms with E-state index in [1.54, 1.807) is 23.0 Å². The minimum absolute atomic E-state index is 0.0291. The van der Waals surface area contributed by atoms with Gasteiger partial charge < -0.3 is 0 Å². The molecule has 0 N–H and O–H groups in total. The first kappa shape index (κ1) is 16.2. The first-order chi connectivity index (χ1) is 10.9. The second-order valence-electron chi connectivity index (χ2n) is 6.23. The molecule has 1 aliphatic heterocycles. The van der Waals surface area contributed by atoms with Crippen molar-refractivity contribution in [3.8, 4) is 0 Å². The number of benzene rings is 1. The molecule has 0 bridgehead atoms. The summed E-state index contributed by atoms with van der Waals surface area (Å²) in [5.74, 6) is 0. The molecule has 1 saturated heterocycles. The summed E-state index contributed by atoms with van der Waals surface area (Å²) in [6.45, 7) is 4.17. The molecule has 2 heterocycles. The van der Waals surface area contributed by atoms with E-state index in [0.29, 0.717) is 22.8 Å². The van der Waals surface area contributed by atoms with Gasteiger partial charge in [-0.05, 0) is 38.7 Å². The van der Waals surface area contributed by atoms with Crippen LogP contribution in [0.3, 0.4) is 0 Å². The van der Waals surface area contributed by atoms with E-state index in [-0.39, 0.29) is 6.04 Å². The van der Waals surface area contributed by atoms with Crippen molar-refractivity contribution in [2.45, 2.75) is 44.0 Å². The Morgan fingerprint density at radius 3 is 2.52 bits per heavy atom. The molecule has 1 aromatic carbocycles. The van der Waals surface area contributed by atoms with Crippen LogP contribution in [-0.2, 0) is 23.5 Å². The molecule has 2 aromatic rings. The van der Waals surface area contributed by atoms with Gasteiger partial charge >= 0.3 is 0 Å². The van der Waals surface area contributed by atoms with E-state index in [9.17, 15) is 8.42 Å². The predicted octanol–water partition coefficient (Wildman–Crippen LogP) is 2.43. The Morgan fingerprint density at radius 1 is 1.22 bits per heavy atom. The molecule has 0 radical (unpaired) electrons. The van der Waals surface area contributed by atoms with Crippen molar-refractivity contribution < 1.29 is 8.42 Å². The normalized spacial score (nSPS) is 19.3. The Hall–Kier alpha value is -1.66. The lowest BCUT2D eigenvalue weighted by molar-refractivity contribution is 0.385. The van der Waals surface area contributed by atoms with Gasteiger partial charge in [0.2, 0.25) is 10.0 Å². The maximum atomic E-state index is 13.2. The lowest BCUT2D eigenvalue weighted by atomic mass is 10.1. The standard InChI is InChI=1S/C17H23N3O2S/c1-13-17(14(2)19(3)18-13)23(21,22)20-11-7-10-16(20)12-15-8-5-4-6-9-15/h4-6,8-9,16H,7,10-12H2,1-3H3/t16-/m0/s1. The van der Waals surface area contributed by atoms with Gasteiger partial charge in [0.05, 0.1) is 11.4 Å². The van der Waals surface area contributed by atoms with Gasteiger partial charge in [-0.3, -0.25) is 4.68 Å². The molecular formula is C17H23N3O2S. The average molecular weight is 333 g/mol. The molecule has 0 saturated carbocycles. The largest absolute Gasteiger partial charge is 0.271 e. The van der Waals surface area contributed by atoms with Crippen LogP contribution in [0.5, 0.6) is 0 Å². The van der Waals surface area contributed by atoms with Crippen LogP contribution in [-0.4, -0.2) is 35.1 Å². The quantitative estimate of drug-likeness (QED) is 0.863. The average Bonchev–Trinajstić information content (AvgIpc) is 3.06. The summed E-state index contributed by atoms with van der Waals surface area (Å²) in [6.07, 6.45) is 2.58. The van der Waals surface area contributed by atoms with Crippen LogP contribution < -0.4 is 0 Å². The third-order valence-electron chi connectivity index (χ3n) is 4.65. The Bertz CT molecular complexity index is 797. The summed E-state index contributed by atoms with van der Waals surface area (Å²) in [4.78, 5) is 0.375. The van der Waals surface area contributed by atoms with Gasteiger partial charge in [-0.15, -0.1) is 0 Å². The van der Waals surface area contributed by atoms with Crippen molar-refractivity contribution >= 4 is 10.0 Å². The Balaban J connectivity index is 1.92. The summed E-state index contributed by atoms with van der Waals surface area (Å²) in [6, 6.07) is 10.1. The van der Waals surface area contributed by atoms with E-state index in [1.807, 2.05) is 25.1 Å². The summed E-state index contributed by atoms with van der Waals surface area (Å²) in [7, 11) is -1.71. The molecule has 1 aromatic heterocycles. The zero-order valence-corrected chi connectivity index (χ0v) is 14.7. The van der Waals surface area contributed by atoms with Crippen molar-refractivity contribution in [1.82, 2.24) is 14.1 Å². The molecular weight excluding hydrogens is 310 g/mol. The minimum atomic E-state index is -3.50. The summed E-state index contributed by atoms with van der Waals surface area (Å²) in [5.41, 5.74) is 2.46. The van der Waals surface area contributed by atoms with Gasteiger partial charge in [-0.1, -0.05) is 30.3 Å². The number of aryl methyl sites for hydroxylation is 2. The molecule has 1 atom stereocenters. The van der Waals surface area contributed by atoms with Crippen LogP contribution >= 0.6 is 0 Å². The zero-order valence-electron chi connectivity index (χ0n) is 13.9. The molecule has 23 heavy (non-hydrogen) atoms. The van der Waals surface area contributed by atoms with Crippen molar-refractivity contribution in [1.29, 1.82) is 0 Å². The molecule has 6 heteroatoms. The molecule has 0 amide bonds. The van der Waals surface area contributed by atoms with E-state index in [2.05, 4.69) is 17.2 Å². The second kappa shape index (κ2) is 6.09. The first-order valence-electron chi connectivity index (χ1n) is 7.97. The number of aromatic nitrogens is 2. The Kier molecular flexibility index (Phi) is 4.29. The highest BCUT2D eigenvalue weighted by Gasteiger charge is 2.38. The molecule has 5 nitrogen and oxygen atoms in total. The van der Waals surface area contributed by atoms with Gasteiger partial charge in [0.1, 0.15) is 4.90 Å². The second-order valence-corrected chi connectivity index (χ2v) is 8.05. The highest BCUT2D eigenvalue weighted by Crippen LogP contribution is 2.31. The number of hydrogen-bond donors (Lipinski definition) is 0. The van der Waals surface area contributed by atoms with Crippen LogP contribution in [0, 0.1) is 13.8 Å². The van der Waals surface area contributed by atoms with E-state index < -0.39 is 10.0 Å². The van der Waals surface area contributed by atoms with Crippen LogP contribution in [0.1, 0.15) is 29.8 Å². The molecule has 124 valence electrons. The van der Waals surface area contributed by atoms with Gasteiger partial charge in [0.25, 0.3) is 0 Å². The van der Waals surface area contributed by atoms with Crippen molar-refractivity contribution in [2.75, 3.05) is 6.54 Å². The van der Waals surface area contributed by atoms with E-state index in [1.165, 1.54) is 5.56 Å². The van der Waals surface area contributed by atoms with Gasteiger partial charge in [0, 0.05) is 19.6 Å². The molecule has 1 aliphatic rings. The summed E-state index contributed by atoms with van der Waals surface area (Å²) in [5, 5.41) is 4.27. The van der Waals surface area contributed by atoms with Gasteiger partial charge in [-0.2, -0.15) is 9.40 Å². The number of hydrogen-bond acceptors (Lipinski definition) is 3. The first-order valence-corrected chi connectivity index (χ1v) is 9.41. The van der Waals surface area contributed by atoms with E-state index in [0.717, 1.165) is 19.3 Å². The van der Waals surface area contributed by atoms with E-state index in [4.69, 9.17) is 0 Å². The van der Waals surface area contributed by atoms with Gasteiger partial charge in [-0.25, -0.2) is 8.42 Å². The molecule has 0 aliphatic carbocycles. The number of rotatable bonds is 4. The maximum Gasteiger partial charge on any atom is 0.247 e. The number of nitrogens with zero attached hydrogens (tertiary/aromatic N) is 3. The molecule has 1 fully saturated rings. The Labute approximate surface area is 138 Å². The fraction of sp³-hybridized carbons (Fsp3) is 0.471. The highest BCUT2D eigenvalue weighted by molar-refractivity contribution is 7.89. The van der Waals surface area contributed by atoms with Crippen molar-refractivity contribution in [2.24, 2.45) is 7.05 Å². The summed E-state index contributed by atoms with van der Waals surface area (Å²) < 4.78 is 29.6. The zero-order chi connectivity index (χ0) is 16.6. The SMILES string of the molecule is Cc1nn(C)c(C)c1S(=O)(=O)N1CCC[C@H]1Cc1ccccc1. The van der Waals surface area contributed by atoms with Gasteiger partial charge in [0.15, 0.2) is 0 Å². The third-order valence-corrected chi connectivity index (χ3v) is 6.85. The maximum absolute atomic E-state index is 13.2. The fourth-order valence-electron chi connectivity index (χ4n) is 3.46. The monoisotopic (exact) mass is 333 g/mol. The molecule has 3 rings (SSSR count). The molecule has 0 spiro atoms. The third kappa shape index (κ3) is 2.93. The fourth-order valence-corrected chi connectivity index (χ4v) is 5.56. The van der Waals surface area contributed by atoms with Crippen molar-refractivity contribution in [3.05, 3.63) is 47.3 Å². The lowest BCUT2D eigenvalue weighted by Crippen LogP contribution is -2.37. The number of sulfonamides is 1. The van der Waals surface area contributed by atoms with Crippen molar-refractivity contribution in [3.63, 3.8) is 0 Å². The highest BCUT2D eigenvalue weighted by atomic mass is 32.2. The minimum Gasteiger partial charge on any atom is -0.271 e. The topological polar surface area (TPSA) is 55.2 Å². The smallest absolute Gasteiger partial charge is 0.247 e. The predicted molar refractivity (Wildman–Crippen MR) is 89.7 cm³/mol. The van der Waals surface area contributed by atoms with Crippen LogP contribution in [0.25, 0.3) is 0 Å². The molecule has 0 unspecified atom stereocenters. The van der Waals surface area contributed by atoms with E-state index >= 15 is 0 Å². The lowest BCUT2D eigenvalue weighted by Gasteiger charge is -2.24. The van der Waals surface area contributed by atoms with Crippen LogP contribution in [0.15, 0.2) is 35.2 Å². The Morgan fingerprint density at radius 2 is 1.91 bits per heavy atom.